The van der Waals surface area contributed by atoms with Gasteiger partial charge >= 0.3 is 0 Å². The molecule has 3 rings (SSSR count). The van der Waals surface area contributed by atoms with E-state index in [2.05, 4.69) is 43.3 Å². The van der Waals surface area contributed by atoms with Crippen molar-refractivity contribution in [3.8, 4) is 5.75 Å². The summed E-state index contributed by atoms with van der Waals surface area (Å²) in [6.07, 6.45) is 1.00. The van der Waals surface area contributed by atoms with Gasteiger partial charge in [-0.3, -0.25) is 0 Å². The van der Waals surface area contributed by atoms with Crippen molar-refractivity contribution in [1.29, 1.82) is 0 Å². The lowest BCUT2D eigenvalue weighted by Crippen LogP contribution is -2.32. The monoisotopic (exact) mass is 242 g/mol. The molecule has 2 nitrogen and oxygen atoms in total. The Kier molecular flexibility index (Phi) is 3.20. The van der Waals surface area contributed by atoms with E-state index in [0.717, 1.165) is 32.0 Å². The molecule has 1 saturated heterocycles. The third kappa shape index (κ3) is 2.21. The van der Waals surface area contributed by atoms with Gasteiger partial charge in [-0.05, 0) is 34.9 Å². The molecule has 2 aromatic carbocycles. The molecular formula is C16H18O2. The summed E-state index contributed by atoms with van der Waals surface area (Å²) >= 11 is 0. The summed E-state index contributed by atoms with van der Waals surface area (Å²) < 4.78 is 11.1. The van der Waals surface area contributed by atoms with E-state index >= 15 is 0 Å². The minimum Gasteiger partial charge on any atom is -0.493 e. The molecule has 1 aliphatic rings. The fourth-order valence-corrected chi connectivity index (χ4v) is 2.27. The summed E-state index contributed by atoms with van der Waals surface area (Å²) in [6, 6.07) is 12.8. The van der Waals surface area contributed by atoms with Crippen LogP contribution < -0.4 is 4.74 Å². The lowest BCUT2D eigenvalue weighted by Gasteiger charge is -2.26. The van der Waals surface area contributed by atoms with Gasteiger partial charge in [-0.15, -0.1) is 0 Å². The highest BCUT2D eigenvalue weighted by Crippen LogP contribution is 2.27. The largest absolute Gasteiger partial charge is 0.493 e. The minimum absolute atomic E-state index is 0.571. The summed E-state index contributed by atoms with van der Waals surface area (Å²) in [5, 5.41) is 2.53. The fourth-order valence-electron chi connectivity index (χ4n) is 2.27. The van der Waals surface area contributed by atoms with Crippen LogP contribution in [0.3, 0.4) is 0 Å². The molecule has 0 unspecified atom stereocenters. The average molecular weight is 242 g/mol. The van der Waals surface area contributed by atoms with Crippen LogP contribution in [0.5, 0.6) is 5.75 Å². The van der Waals surface area contributed by atoms with Crippen LogP contribution >= 0.6 is 0 Å². The molecule has 0 spiro atoms. The van der Waals surface area contributed by atoms with E-state index in [-0.39, 0.29) is 0 Å². The van der Waals surface area contributed by atoms with Crippen LogP contribution in [-0.2, 0) is 11.2 Å². The molecule has 0 atom stereocenters. The topological polar surface area (TPSA) is 18.5 Å². The Morgan fingerprint density at radius 3 is 2.50 bits per heavy atom. The first-order valence-electron chi connectivity index (χ1n) is 6.59. The molecule has 0 radical (unpaired) electrons. The van der Waals surface area contributed by atoms with Gasteiger partial charge in [0.05, 0.1) is 19.8 Å². The van der Waals surface area contributed by atoms with E-state index in [1.165, 1.54) is 16.3 Å². The molecule has 0 amide bonds. The summed E-state index contributed by atoms with van der Waals surface area (Å²) in [5.41, 5.74) is 1.29. The van der Waals surface area contributed by atoms with Crippen LogP contribution in [0.4, 0.5) is 0 Å². The third-order valence-electron chi connectivity index (χ3n) is 3.49. The number of hydrogen-bond acceptors (Lipinski definition) is 2. The van der Waals surface area contributed by atoms with E-state index in [4.69, 9.17) is 9.47 Å². The smallest absolute Gasteiger partial charge is 0.123 e. The molecule has 1 heterocycles. The van der Waals surface area contributed by atoms with Gasteiger partial charge in [-0.2, -0.15) is 0 Å². The highest BCUT2D eigenvalue weighted by molar-refractivity contribution is 5.85. The van der Waals surface area contributed by atoms with Crippen molar-refractivity contribution in [2.24, 2.45) is 5.92 Å². The first-order valence-corrected chi connectivity index (χ1v) is 6.59. The van der Waals surface area contributed by atoms with Crippen LogP contribution in [0.25, 0.3) is 10.8 Å². The molecule has 2 aromatic rings. The lowest BCUT2D eigenvalue weighted by molar-refractivity contribution is -0.0509. The van der Waals surface area contributed by atoms with E-state index in [1.54, 1.807) is 0 Å². The van der Waals surface area contributed by atoms with E-state index in [9.17, 15) is 0 Å². The van der Waals surface area contributed by atoms with E-state index in [0.29, 0.717) is 5.92 Å². The second-order valence-electron chi connectivity index (χ2n) is 4.88. The Hall–Kier alpha value is -1.54. The van der Waals surface area contributed by atoms with Crippen molar-refractivity contribution >= 4 is 10.8 Å². The molecule has 1 aliphatic heterocycles. The van der Waals surface area contributed by atoms with Gasteiger partial charge in [-0.1, -0.05) is 31.2 Å². The maximum Gasteiger partial charge on any atom is 0.123 e. The van der Waals surface area contributed by atoms with E-state index in [1.807, 2.05) is 0 Å². The number of ether oxygens (including phenoxy) is 2. The molecule has 0 bridgehead atoms. The van der Waals surface area contributed by atoms with Gasteiger partial charge in [0, 0.05) is 5.92 Å². The molecule has 0 aliphatic carbocycles. The van der Waals surface area contributed by atoms with Crippen LogP contribution in [0.15, 0.2) is 36.4 Å². The Morgan fingerprint density at radius 2 is 1.89 bits per heavy atom. The Morgan fingerprint density at radius 1 is 1.17 bits per heavy atom. The Balaban J connectivity index is 1.87. The first kappa shape index (κ1) is 11.5. The second-order valence-corrected chi connectivity index (χ2v) is 4.88. The normalized spacial score (nSPS) is 15.6. The number of fused-ring (bicyclic) bond motifs is 1. The number of hydrogen-bond donors (Lipinski definition) is 0. The molecule has 0 saturated carbocycles. The van der Waals surface area contributed by atoms with Crippen molar-refractivity contribution in [3.05, 3.63) is 42.0 Å². The molecular weight excluding hydrogens is 224 g/mol. The van der Waals surface area contributed by atoms with Gasteiger partial charge in [0.2, 0.25) is 0 Å². The summed E-state index contributed by atoms with van der Waals surface area (Å²) in [6.45, 7) is 4.62. The molecule has 0 N–H and O–H groups in total. The summed E-state index contributed by atoms with van der Waals surface area (Å²) in [4.78, 5) is 0. The number of rotatable bonds is 4. The van der Waals surface area contributed by atoms with Gasteiger partial charge in [0.15, 0.2) is 0 Å². The van der Waals surface area contributed by atoms with Crippen LogP contribution in [0.2, 0.25) is 0 Å². The quantitative estimate of drug-likeness (QED) is 0.817. The van der Waals surface area contributed by atoms with Gasteiger partial charge < -0.3 is 9.47 Å². The average Bonchev–Trinajstić information content (AvgIpc) is 2.36. The second kappa shape index (κ2) is 4.99. The standard InChI is InChI=1S/C16H18O2/c1-2-13-7-14-5-3-4-6-15(14)8-16(13)18-11-12-9-17-10-12/h3-8,12H,2,9-11H2,1H3. The summed E-state index contributed by atoms with van der Waals surface area (Å²) in [7, 11) is 0. The van der Waals surface area contributed by atoms with Crippen molar-refractivity contribution < 1.29 is 9.47 Å². The fraction of sp³-hybridized carbons (Fsp3) is 0.375. The zero-order valence-electron chi connectivity index (χ0n) is 10.7. The highest BCUT2D eigenvalue weighted by Gasteiger charge is 2.19. The van der Waals surface area contributed by atoms with Crippen LogP contribution in [0.1, 0.15) is 12.5 Å². The van der Waals surface area contributed by atoms with Crippen LogP contribution in [-0.4, -0.2) is 19.8 Å². The molecule has 0 aromatic heterocycles. The van der Waals surface area contributed by atoms with E-state index < -0.39 is 0 Å². The molecule has 2 heteroatoms. The van der Waals surface area contributed by atoms with Crippen molar-refractivity contribution in [2.75, 3.05) is 19.8 Å². The third-order valence-corrected chi connectivity index (χ3v) is 3.49. The van der Waals surface area contributed by atoms with Gasteiger partial charge in [0.25, 0.3) is 0 Å². The minimum atomic E-state index is 0.571. The zero-order chi connectivity index (χ0) is 12.4. The summed E-state index contributed by atoms with van der Waals surface area (Å²) in [5.74, 6) is 1.60. The lowest BCUT2D eigenvalue weighted by atomic mass is 10.0. The molecule has 94 valence electrons. The SMILES string of the molecule is CCc1cc2ccccc2cc1OCC1COC1. The molecule has 1 fully saturated rings. The van der Waals surface area contributed by atoms with Crippen molar-refractivity contribution in [3.63, 3.8) is 0 Å². The maximum atomic E-state index is 5.96. The van der Waals surface area contributed by atoms with Crippen LogP contribution in [0, 0.1) is 5.92 Å². The number of benzene rings is 2. The predicted octanol–water partition coefficient (Wildman–Crippen LogP) is 3.43. The predicted molar refractivity (Wildman–Crippen MR) is 73.1 cm³/mol. The number of aryl methyl sites for hydroxylation is 1. The highest BCUT2D eigenvalue weighted by atomic mass is 16.5. The zero-order valence-corrected chi connectivity index (χ0v) is 10.7. The Labute approximate surface area is 108 Å². The van der Waals surface area contributed by atoms with Crippen molar-refractivity contribution in [2.45, 2.75) is 13.3 Å². The molecule has 18 heavy (non-hydrogen) atoms. The van der Waals surface area contributed by atoms with Gasteiger partial charge in [0.1, 0.15) is 5.75 Å². The maximum absolute atomic E-state index is 5.96. The Bertz CT molecular complexity index is 544. The van der Waals surface area contributed by atoms with Gasteiger partial charge in [-0.25, -0.2) is 0 Å². The first-order chi connectivity index (χ1) is 8.86. The van der Waals surface area contributed by atoms with Crippen molar-refractivity contribution in [1.82, 2.24) is 0 Å².